The highest BCUT2D eigenvalue weighted by Crippen LogP contribution is 2.30. The van der Waals surface area contributed by atoms with Gasteiger partial charge in [-0.25, -0.2) is 0 Å². The molecule has 1 atom stereocenters. The number of nitrogens with one attached hydrogen (secondary N) is 1. The van der Waals surface area contributed by atoms with Crippen LogP contribution in [-0.2, 0) is 11.3 Å². The average molecular weight is 278 g/mol. The van der Waals surface area contributed by atoms with Crippen LogP contribution in [0.4, 0.5) is 0 Å². The Kier molecular flexibility index (Phi) is 4.11. The lowest BCUT2D eigenvalue weighted by atomic mass is 9.81. The van der Waals surface area contributed by atoms with Crippen LogP contribution in [-0.4, -0.2) is 46.6 Å². The smallest absolute Gasteiger partial charge is 0.274 e. The van der Waals surface area contributed by atoms with Gasteiger partial charge < -0.3 is 10.2 Å². The van der Waals surface area contributed by atoms with Crippen molar-refractivity contribution in [2.24, 2.45) is 5.41 Å². The average Bonchev–Trinajstić information content (AvgIpc) is 2.94. The number of carbonyl (C=O) groups excluding carboxylic acids is 2. The van der Waals surface area contributed by atoms with Crippen molar-refractivity contribution in [2.75, 3.05) is 20.1 Å². The molecule has 1 fully saturated rings. The maximum absolute atomic E-state index is 12.4. The molecular formula is C14H22N4O2. The van der Waals surface area contributed by atoms with Crippen molar-refractivity contribution in [3.63, 3.8) is 0 Å². The molecule has 0 radical (unpaired) electrons. The Balaban J connectivity index is 2.12. The quantitative estimate of drug-likeness (QED) is 0.893. The summed E-state index contributed by atoms with van der Waals surface area (Å²) in [6.07, 6.45) is 3.44. The fourth-order valence-corrected chi connectivity index (χ4v) is 2.71. The highest BCUT2D eigenvalue weighted by atomic mass is 16.2. The SMILES string of the molecule is CCn1ccc(C(=O)N2CCCC(C)(C(=O)NC)C2)n1. The first-order valence-electron chi connectivity index (χ1n) is 7.05. The van der Waals surface area contributed by atoms with Gasteiger partial charge in [-0.3, -0.25) is 14.3 Å². The molecular weight excluding hydrogens is 256 g/mol. The van der Waals surface area contributed by atoms with Gasteiger partial charge in [-0.05, 0) is 32.8 Å². The van der Waals surface area contributed by atoms with Gasteiger partial charge in [0.1, 0.15) is 5.69 Å². The van der Waals surface area contributed by atoms with Crippen LogP contribution in [0.2, 0.25) is 0 Å². The van der Waals surface area contributed by atoms with Crippen molar-refractivity contribution in [1.82, 2.24) is 20.0 Å². The number of aromatic nitrogens is 2. The van der Waals surface area contributed by atoms with E-state index in [-0.39, 0.29) is 11.8 Å². The number of nitrogens with zero attached hydrogens (tertiary/aromatic N) is 3. The van der Waals surface area contributed by atoms with Gasteiger partial charge >= 0.3 is 0 Å². The second kappa shape index (κ2) is 5.64. The summed E-state index contributed by atoms with van der Waals surface area (Å²) >= 11 is 0. The minimum absolute atomic E-state index is 0.00547. The molecule has 1 aromatic rings. The summed E-state index contributed by atoms with van der Waals surface area (Å²) in [6, 6.07) is 1.73. The zero-order valence-electron chi connectivity index (χ0n) is 12.3. The predicted molar refractivity (Wildman–Crippen MR) is 75.2 cm³/mol. The highest BCUT2D eigenvalue weighted by molar-refractivity contribution is 5.93. The van der Waals surface area contributed by atoms with Gasteiger partial charge in [0, 0.05) is 32.9 Å². The molecule has 0 aliphatic carbocycles. The van der Waals surface area contributed by atoms with Crippen LogP contribution in [0.1, 0.15) is 37.2 Å². The van der Waals surface area contributed by atoms with Gasteiger partial charge in [-0.15, -0.1) is 0 Å². The molecule has 0 saturated carbocycles. The number of rotatable bonds is 3. The van der Waals surface area contributed by atoms with Crippen LogP contribution in [0.25, 0.3) is 0 Å². The van der Waals surface area contributed by atoms with E-state index in [0.717, 1.165) is 19.4 Å². The normalized spacial score (nSPS) is 22.6. The first kappa shape index (κ1) is 14.6. The van der Waals surface area contributed by atoms with E-state index < -0.39 is 5.41 Å². The van der Waals surface area contributed by atoms with E-state index in [1.54, 1.807) is 28.9 Å². The maximum atomic E-state index is 12.4. The molecule has 6 nitrogen and oxygen atoms in total. The number of hydrogen-bond donors (Lipinski definition) is 1. The van der Waals surface area contributed by atoms with Crippen LogP contribution in [0, 0.1) is 5.41 Å². The summed E-state index contributed by atoms with van der Waals surface area (Å²) in [7, 11) is 1.64. The molecule has 1 aromatic heterocycles. The third kappa shape index (κ3) is 2.69. The summed E-state index contributed by atoms with van der Waals surface area (Å²) in [4.78, 5) is 26.2. The first-order valence-corrected chi connectivity index (χ1v) is 7.05. The van der Waals surface area contributed by atoms with Crippen molar-refractivity contribution in [1.29, 1.82) is 0 Å². The third-order valence-electron chi connectivity index (χ3n) is 3.94. The largest absolute Gasteiger partial charge is 0.359 e. The second-order valence-corrected chi connectivity index (χ2v) is 5.53. The maximum Gasteiger partial charge on any atom is 0.274 e. The third-order valence-corrected chi connectivity index (χ3v) is 3.94. The molecule has 2 amide bonds. The number of likely N-dealkylation sites (tertiary alicyclic amines) is 1. The van der Waals surface area contributed by atoms with Crippen molar-refractivity contribution in [3.8, 4) is 0 Å². The van der Waals surface area contributed by atoms with Crippen LogP contribution in [0.5, 0.6) is 0 Å². The summed E-state index contributed by atoms with van der Waals surface area (Å²) in [5, 5.41) is 6.93. The fourth-order valence-electron chi connectivity index (χ4n) is 2.71. The highest BCUT2D eigenvalue weighted by Gasteiger charge is 2.39. The van der Waals surface area contributed by atoms with E-state index >= 15 is 0 Å². The zero-order chi connectivity index (χ0) is 14.8. The summed E-state index contributed by atoms with van der Waals surface area (Å²) < 4.78 is 1.73. The topological polar surface area (TPSA) is 67.2 Å². The molecule has 1 unspecified atom stereocenters. The van der Waals surface area contributed by atoms with E-state index in [2.05, 4.69) is 10.4 Å². The number of hydrogen-bond acceptors (Lipinski definition) is 3. The van der Waals surface area contributed by atoms with Crippen molar-refractivity contribution in [3.05, 3.63) is 18.0 Å². The number of carbonyl (C=O) groups is 2. The minimum atomic E-state index is -0.504. The molecule has 1 saturated heterocycles. The predicted octanol–water partition coefficient (Wildman–Crippen LogP) is 0.891. The molecule has 0 bridgehead atoms. The number of piperidine rings is 1. The molecule has 1 N–H and O–H groups in total. The van der Waals surface area contributed by atoms with Crippen molar-refractivity contribution >= 4 is 11.8 Å². The summed E-state index contributed by atoms with van der Waals surface area (Å²) in [5.41, 5.74) is -0.0521. The number of aryl methyl sites for hydroxylation is 1. The Hall–Kier alpha value is -1.85. The van der Waals surface area contributed by atoms with Gasteiger partial charge in [0.15, 0.2) is 0 Å². The van der Waals surface area contributed by atoms with Gasteiger partial charge in [0.05, 0.1) is 5.41 Å². The lowest BCUT2D eigenvalue weighted by molar-refractivity contribution is -0.132. The van der Waals surface area contributed by atoms with E-state index in [1.165, 1.54) is 0 Å². The van der Waals surface area contributed by atoms with Crippen LogP contribution < -0.4 is 5.32 Å². The molecule has 2 heterocycles. The lowest BCUT2D eigenvalue weighted by Gasteiger charge is -2.38. The minimum Gasteiger partial charge on any atom is -0.359 e. The van der Waals surface area contributed by atoms with Crippen LogP contribution in [0.3, 0.4) is 0 Å². The Morgan fingerprint density at radius 2 is 2.25 bits per heavy atom. The monoisotopic (exact) mass is 278 g/mol. The zero-order valence-corrected chi connectivity index (χ0v) is 12.3. The summed E-state index contributed by atoms with van der Waals surface area (Å²) in [5.74, 6) is -0.0962. The lowest BCUT2D eigenvalue weighted by Crippen LogP contribution is -2.51. The van der Waals surface area contributed by atoms with Crippen LogP contribution >= 0.6 is 0 Å². The number of amides is 2. The molecule has 0 aromatic carbocycles. The fraction of sp³-hybridized carbons (Fsp3) is 0.643. The van der Waals surface area contributed by atoms with Crippen molar-refractivity contribution < 1.29 is 9.59 Å². The molecule has 6 heteroatoms. The molecule has 2 rings (SSSR count). The van der Waals surface area contributed by atoms with Crippen LogP contribution in [0.15, 0.2) is 12.3 Å². The standard InChI is InChI=1S/C14H22N4O2/c1-4-18-9-6-11(16-18)12(19)17-8-5-7-14(2,10-17)13(20)15-3/h6,9H,4-5,7-8,10H2,1-3H3,(H,15,20). The first-order chi connectivity index (χ1) is 9.50. The Bertz CT molecular complexity index is 511. The Morgan fingerprint density at radius 1 is 1.50 bits per heavy atom. The van der Waals surface area contributed by atoms with E-state index in [4.69, 9.17) is 0 Å². The van der Waals surface area contributed by atoms with Gasteiger partial charge in [0.25, 0.3) is 5.91 Å². The van der Waals surface area contributed by atoms with E-state index in [1.807, 2.05) is 13.8 Å². The molecule has 0 spiro atoms. The molecule has 1 aliphatic rings. The van der Waals surface area contributed by atoms with Gasteiger partial charge in [0.2, 0.25) is 5.91 Å². The Morgan fingerprint density at radius 3 is 2.85 bits per heavy atom. The van der Waals surface area contributed by atoms with Gasteiger partial charge in [-0.1, -0.05) is 0 Å². The molecule has 1 aliphatic heterocycles. The summed E-state index contributed by atoms with van der Waals surface area (Å²) in [6.45, 7) is 5.76. The van der Waals surface area contributed by atoms with Crippen molar-refractivity contribution in [2.45, 2.75) is 33.2 Å². The second-order valence-electron chi connectivity index (χ2n) is 5.53. The molecule has 20 heavy (non-hydrogen) atoms. The van der Waals surface area contributed by atoms with E-state index in [9.17, 15) is 9.59 Å². The van der Waals surface area contributed by atoms with E-state index in [0.29, 0.717) is 18.8 Å². The molecule has 110 valence electrons. The van der Waals surface area contributed by atoms with Gasteiger partial charge in [-0.2, -0.15) is 5.10 Å². The Labute approximate surface area is 119 Å².